The maximum absolute atomic E-state index is 11.9. The summed E-state index contributed by atoms with van der Waals surface area (Å²) in [5.41, 5.74) is 0. The summed E-state index contributed by atoms with van der Waals surface area (Å²) < 4.78 is 0. The molecule has 1 heterocycles. The molecule has 1 aliphatic heterocycles. The zero-order valence-corrected chi connectivity index (χ0v) is 11.4. The quantitative estimate of drug-likeness (QED) is 0.669. The van der Waals surface area contributed by atoms with Crippen LogP contribution >= 0.6 is 0 Å². The summed E-state index contributed by atoms with van der Waals surface area (Å²) in [7, 11) is 0. The van der Waals surface area contributed by atoms with Crippen molar-refractivity contribution >= 4 is 17.8 Å². The number of carboxylic acid groups (broad SMARTS) is 1. The Morgan fingerprint density at radius 3 is 2.63 bits per heavy atom. The molecule has 0 radical (unpaired) electrons. The van der Waals surface area contributed by atoms with Gasteiger partial charge in [-0.05, 0) is 25.7 Å². The number of aliphatic carboxylic acids is 1. The van der Waals surface area contributed by atoms with E-state index in [9.17, 15) is 14.4 Å². The normalized spacial score (nSPS) is 18.4. The molecule has 19 heavy (non-hydrogen) atoms. The SMILES string of the molecule is CC(=O)NCCCCCC(=O)N1CCC[C@@H]1C(=O)O. The molecule has 1 aliphatic rings. The third kappa shape index (κ3) is 5.28. The number of likely N-dealkylation sites (tertiary alicyclic amines) is 1. The Morgan fingerprint density at radius 1 is 1.26 bits per heavy atom. The molecule has 1 atom stereocenters. The van der Waals surface area contributed by atoms with Gasteiger partial charge in [0.2, 0.25) is 11.8 Å². The van der Waals surface area contributed by atoms with E-state index >= 15 is 0 Å². The van der Waals surface area contributed by atoms with E-state index in [-0.39, 0.29) is 11.8 Å². The first-order valence-corrected chi connectivity index (χ1v) is 6.79. The molecule has 0 spiro atoms. The summed E-state index contributed by atoms with van der Waals surface area (Å²) in [6.07, 6.45) is 4.16. The largest absolute Gasteiger partial charge is 0.480 e. The number of rotatable bonds is 7. The van der Waals surface area contributed by atoms with E-state index in [0.29, 0.717) is 25.9 Å². The van der Waals surface area contributed by atoms with Crippen LogP contribution < -0.4 is 5.32 Å². The minimum Gasteiger partial charge on any atom is -0.480 e. The molecule has 0 aromatic carbocycles. The number of hydrogen-bond donors (Lipinski definition) is 2. The molecular formula is C13H22N2O4. The van der Waals surface area contributed by atoms with E-state index in [2.05, 4.69) is 5.32 Å². The molecule has 6 nitrogen and oxygen atoms in total. The predicted octanol–water partition coefficient (Wildman–Crippen LogP) is 0.758. The van der Waals surface area contributed by atoms with E-state index < -0.39 is 12.0 Å². The minimum atomic E-state index is -0.906. The van der Waals surface area contributed by atoms with Crippen LogP contribution in [0.2, 0.25) is 0 Å². The number of carbonyl (C=O) groups excluding carboxylic acids is 2. The van der Waals surface area contributed by atoms with Crippen LogP contribution in [0, 0.1) is 0 Å². The van der Waals surface area contributed by atoms with E-state index in [1.807, 2.05) is 0 Å². The Bertz CT molecular complexity index is 344. The van der Waals surface area contributed by atoms with Crippen molar-refractivity contribution in [3.8, 4) is 0 Å². The van der Waals surface area contributed by atoms with Gasteiger partial charge in [0.05, 0.1) is 0 Å². The fraction of sp³-hybridized carbons (Fsp3) is 0.769. The number of amides is 2. The van der Waals surface area contributed by atoms with E-state index in [1.54, 1.807) is 0 Å². The van der Waals surface area contributed by atoms with Crippen molar-refractivity contribution in [2.45, 2.75) is 51.5 Å². The van der Waals surface area contributed by atoms with Gasteiger partial charge >= 0.3 is 5.97 Å². The first-order valence-electron chi connectivity index (χ1n) is 6.79. The van der Waals surface area contributed by atoms with Gasteiger partial charge in [-0.15, -0.1) is 0 Å². The summed E-state index contributed by atoms with van der Waals surface area (Å²) in [6, 6.07) is -0.633. The van der Waals surface area contributed by atoms with Gasteiger partial charge in [-0.1, -0.05) is 6.42 Å². The first kappa shape index (κ1) is 15.5. The molecule has 0 aliphatic carbocycles. The average molecular weight is 270 g/mol. The maximum atomic E-state index is 11.9. The smallest absolute Gasteiger partial charge is 0.326 e. The standard InChI is InChI=1S/C13H22N2O4/c1-10(16)14-8-4-2-3-7-12(17)15-9-5-6-11(15)13(18)19/h11H,2-9H2,1H3,(H,14,16)(H,18,19)/t11-/m1/s1. The molecule has 6 heteroatoms. The lowest BCUT2D eigenvalue weighted by Crippen LogP contribution is -2.40. The predicted molar refractivity (Wildman–Crippen MR) is 69.5 cm³/mol. The number of carboxylic acids is 1. The fourth-order valence-electron chi connectivity index (χ4n) is 2.31. The van der Waals surface area contributed by atoms with Crippen LogP contribution in [0.15, 0.2) is 0 Å². The lowest BCUT2D eigenvalue weighted by molar-refractivity contribution is -0.148. The van der Waals surface area contributed by atoms with Crippen LogP contribution in [0.25, 0.3) is 0 Å². The van der Waals surface area contributed by atoms with Crippen molar-refractivity contribution in [3.05, 3.63) is 0 Å². The van der Waals surface area contributed by atoms with Gasteiger partial charge in [0.1, 0.15) is 6.04 Å². The first-order chi connectivity index (χ1) is 9.02. The maximum Gasteiger partial charge on any atom is 0.326 e. The van der Waals surface area contributed by atoms with Crippen molar-refractivity contribution in [1.82, 2.24) is 10.2 Å². The van der Waals surface area contributed by atoms with Crippen molar-refractivity contribution in [1.29, 1.82) is 0 Å². The lowest BCUT2D eigenvalue weighted by Gasteiger charge is -2.21. The second kappa shape index (κ2) is 7.76. The Labute approximate surface area is 113 Å². The Kier molecular flexibility index (Phi) is 6.32. The van der Waals surface area contributed by atoms with Gasteiger partial charge < -0.3 is 15.3 Å². The highest BCUT2D eigenvalue weighted by Gasteiger charge is 2.33. The van der Waals surface area contributed by atoms with E-state index in [4.69, 9.17) is 5.11 Å². The molecular weight excluding hydrogens is 248 g/mol. The van der Waals surface area contributed by atoms with Crippen LogP contribution in [0.5, 0.6) is 0 Å². The molecule has 2 amide bonds. The van der Waals surface area contributed by atoms with Gasteiger partial charge in [0.15, 0.2) is 0 Å². The molecule has 108 valence electrons. The highest BCUT2D eigenvalue weighted by Crippen LogP contribution is 2.19. The molecule has 0 bridgehead atoms. The molecule has 0 unspecified atom stereocenters. The summed E-state index contributed by atoms with van der Waals surface area (Å²) >= 11 is 0. The number of nitrogens with zero attached hydrogens (tertiary/aromatic N) is 1. The van der Waals surface area contributed by atoms with Crippen molar-refractivity contribution in [2.75, 3.05) is 13.1 Å². The van der Waals surface area contributed by atoms with Gasteiger partial charge in [-0.3, -0.25) is 9.59 Å². The third-order valence-electron chi connectivity index (χ3n) is 3.30. The number of carbonyl (C=O) groups is 3. The lowest BCUT2D eigenvalue weighted by atomic mass is 10.1. The Balaban J connectivity index is 2.17. The molecule has 1 fully saturated rings. The van der Waals surface area contributed by atoms with Crippen molar-refractivity contribution in [3.63, 3.8) is 0 Å². The summed E-state index contributed by atoms with van der Waals surface area (Å²) in [4.78, 5) is 35.0. The van der Waals surface area contributed by atoms with Gasteiger partial charge in [-0.2, -0.15) is 0 Å². The molecule has 0 aromatic heterocycles. The highest BCUT2D eigenvalue weighted by molar-refractivity contribution is 5.84. The number of unbranched alkanes of at least 4 members (excludes halogenated alkanes) is 2. The van der Waals surface area contributed by atoms with Crippen LogP contribution in [0.3, 0.4) is 0 Å². The molecule has 1 rings (SSSR count). The van der Waals surface area contributed by atoms with Crippen LogP contribution in [-0.2, 0) is 14.4 Å². The van der Waals surface area contributed by atoms with Crippen LogP contribution in [-0.4, -0.2) is 46.9 Å². The zero-order chi connectivity index (χ0) is 14.3. The zero-order valence-electron chi connectivity index (χ0n) is 11.4. The second-order valence-electron chi connectivity index (χ2n) is 4.88. The fourth-order valence-corrected chi connectivity index (χ4v) is 2.31. The Hall–Kier alpha value is -1.59. The van der Waals surface area contributed by atoms with Gasteiger partial charge in [0.25, 0.3) is 0 Å². The van der Waals surface area contributed by atoms with Gasteiger partial charge in [-0.25, -0.2) is 4.79 Å². The number of hydrogen-bond acceptors (Lipinski definition) is 3. The van der Waals surface area contributed by atoms with Crippen molar-refractivity contribution < 1.29 is 19.5 Å². The summed E-state index contributed by atoms with van der Waals surface area (Å²) in [5, 5.41) is 11.7. The minimum absolute atomic E-state index is 0.0440. The van der Waals surface area contributed by atoms with E-state index in [1.165, 1.54) is 11.8 Å². The van der Waals surface area contributed by atoms with Crippen LogP contribution in [0.1, 0.15) is 45.4 Å². The van der Waals surface area contributed by atoms with E-state index in [0.717, 1.165) is 25.7 Å². The monoisotopic (exact) mass is 270 g/mol. The average Bonchev–Trinajstić information content (AvgIpc) is 2.82. The van der Waals surface area contributed by atoms with Crippen LogP contribution in [0.4, 0.5) is 0 Å². The summed E-state index contributed by atoms with van der Waals surface area (Å²) in [6.45, 7) is 2.66. The second-order valence-corrected chi connectivity index (χ2v) is 4.88. The van der Waals surface area contributed by atoms with Crippen molar-refractivity contribution in [2.24, 2.45) is 0 Å². The number of nitrogens with one attached hydrogen (secondary N) is 1. The van der Waals surface area contributed by atoms with Gasteiger partial charge in [0, 0.05) is 26.4 Å². The molecule has 0 aromatic rings. The molecule has 0 saturated carbocycles. The summed E-state index contributed by atoms with van der Waals surface area (Å²) in [5.74, 6) is -1.02. The molecule has 1 saturated heterocycles. The Morgan fingerprint density at radius 2 is 2.00 bits per heavy atom. The molecule has 2 N–H and O–H groups in total. The third-order valence-corrected chi connectivity index (χ3v) is 3.30. The topological polar surface area (TPSA) is 86.7 Å². The highest BCUT2D eigenvalue weighted by atomic mass is 16.4.